The highest BCUT2D eigenvalue weighted by Crippen LogP contribution is 2.53. The Morgan fingerprint density at radius 2 is 1.52 bits per heavy atom. The molecule has 4 rings (SSSR count). The molecule has 1 heterocycles. The lowest BCUT2D eigenvalue weighted by Gasteiger charge is -2.37. The van der Waals surface area contributed by atoms with Crippen molar-refractivity contribution in [1.82, 2.24) is 0 Å². The maximum atomic E-state index is 12.9. The number of rotatable bonds is 3. The van der Waals surface area contributed by atoms with Gasteiger partial charge in [-0.15, -0.1) is 0 Å². The van der Waals surface area contributed by atoms with Gasteiger partial charge in [-0.3, -0.25) is 4.79 Å². The van der Waals surface area contributed by atoms with E-state index in [9.17, 15) is 4.79 Å². The van der Waals surface area contributed by atoms with E-state index in [1.165, 1.54) is 5.56 Å². The first-order valence-corrected chi connectivity index (χ1v) is 9.00. The van der Waals surface area contributed by atoms with Crippen molar-refractivity contribution in [2.75, 3.05) is 0 Å². The average molecular weight is 330 g/mol. The number of cyclic esters (lactones) is 1. The van der Waals surface area contributed by atoms with Crippen molar-refractivity contribution in [2.24, 2.45) is 5.41 Å². The standard InChI is InChI=1S/C23H22O2/c24-22-23(15-7-8-16-23)21(19-11-5-2-6-12-19)17-20(25-22)14-13-18-9-3-1-4-10-18/h1-6,9-14,17,21H,7-8,15-16H2. The Bertz CT molecular complexity index is 797. The van der Waals surface area contributed by atoms with Crippen molar-refractivity contribution in [3.8, 4) is 0 Å². The molecular weight excluding hydrogens is 308 g/mol. The molecule has 0 saturated heterocycles. The van der Waals surface area contributed by atoms with Gasteiger partial charge in [0, 0.05) is 5.92 Å². The summed E-state index contributed by atoms with van der Waals surface area (Å²) < 4.78 is 5.73. The van der Waals surface area contributed by atoms with E-state index in [1.807, 2.05) is 60.7 Å². The molecule has 25 heavy (non-hydrogen) atoms. The molecule has 0 amide bonds. The zero-order valence-corrected chi connectivity index (χ0v) is 14.2. The third-order valence-electron chi connectivity index (χ3n) is 5.44. The molecule has 1 atom stereocenters. The molecule has 2 aromatic rings. The first-order chi connectivity index (χ1) is 12.3. The topological polar surface area (TPSA) is 26.3 Å². The molecule has 1 aliphatic heterocycles. The molecule has 2 nitrogen and oxygen atoms in total. The van der Waals surface area contributed by atoms with Crippen LogP contribution in [0.15, 0.2) is 78.6 Å². The molecular formula is C23H22O2. The lowest BCUT2D eigenvalue weighted by molar-refractivity contribution is -0.153. The van der Waals surface area contributed by atoms with E-state index >= 15 is 0 Å². The van der Waals surface area contributed by atoms with Gasteiger partial charge in [0.15, 0.2) is 0 Å². The van der Waals surface area contributed by atoms with Crippen molar-refractivity contribution in [3.63, 3.8) is 0 Å². The SMILES string of the molecule is O=C1OC(C=Cc2ccccc2)=CC(c2ccccc2)C12CCCC2. The summed E-state index contributed by atoms with van der Waals surface area (Å²) in [5.41, 5.74) is 1.91. The first-order valence-electron chi connectivity index (χ1n) is 9.00. The predicted molar refractivity (Wildman–Crippen MR) is 99.7 cm³/mol. The van der Waals surface area contributed by atoms with Crippen LogP contribution in [0.25, 0.3) is 6.08 Å². The van der Waals surface area contributed by atoms with Crippen LogP contribution in [-0.4, -0.2) is 5.97 Å². The Labute approximate surface area is 148 Å². The number of ether oxygens (including phenoxy) is 1. The van der Waals surface area contributed by atoms with Crippen LogP contribution in [0.5, 0.6) is 0 Å². The number of hydrogen-bond acceptors (Lipinski definition) is 2. The molecule has 1 aliphatic carbocycles. The molecule has 1 fully saturated rings. The Balaban J connectivity index is 1.70. The highest BCUT2D eigenvalue weighted by atomic mass is 16.5. The fourth-order valence-corrected chi connectivity index (χ4v) is 4.12. The van der Waals surface area contributed by atoms with Crippen LogP contribution in [0, 0.1) is 5.41 Å². The summed E-state index contributed by atoms with van der Waals surface area (Å²) in [5, 5.41) is 0. The molecule has 0 radical (unpaired) electrons. The van der Waals surface area contributed by atoms with Crippen molar-refractivity contribution >= 4 is 12.0 Å². The van der Waals surface area contributed by atoms with Gasteiger partial charge in [-0.2, -0.15) is 0 Å². The highest BCUT2D eigenvalue weighted by Gasteiger charge is 2.51. The van der Waals surface area contributed by atoms with Gasteiger partial charge >= 0.3 is 5.97 Å². The van der Waals surface area contributed by atoms with Crippen molar-refractivity contribution in [3.05, 3.63) is 89.7 Å². The van der Waals surface area contributed by atoms with E-state index in [0.29, 0.717) is 5.76 Å². The van der Waals surface area contributed by atoms with Crippen LogP contribution >= 0.6 is 0 Å². The van der Waals surface area contributed by atoms with Gasteiger partial charge < -0.3 is 4.74 Å². The summed E-state index contributed by atoms with van der Waals surface area (Å²) in [4.78, 5) is 12.9. The van der Waals surface area contributed by atoms with Crippen molar-refractivity contribution < 1.29 is 9.53 Å². The van der Waals surface area contributed by atoms with E-state index < -0.39 is 0 Å². The predicted octanol–water partition coefficient (Wildman–Crippen LogP) is 5.48. The zero-order valence-electron chi connectivity index (χ0n) is 14.2. The van der Waals surface area contributed by atoms with Gasteiger partial charge in [0.1, 0.15) is 5.76 Å². The first kappa shape index (κ1) is 15.9. The Morgan fingerprint density at radius 3 is 2.20 bits per heavy atom. The largest absolute Gasteiger partial charge is 0.426 e. The zero-order chi connectivity index (χ0) is 17.1. The second-order valence-corrected chi connectivity index (χ2v) is 6.95. The smallest absolute Gasteiger partial charge is 0.318 e. The van der Waals surface area contributed by atoms with Crippen LogP contribution in [0.3, 0.4) is 0 Å². The van der Waals surface area contributed by atoms with Crippen LogP contribution in [0.4, 0.5) is 0 Å². The van der Waals surface area contributed by atoms with Gasteiger partial charge in [-0.1, -0.05) is 79.6 Å². The molecule has 1 saturated carbocycles. The molecule has 2 aliphatic rings. The lowest BCUT2D eigenvalue weighted by Crippen LogP contribution is -2.38. The third-order valence-corrected chi connectivity index (χ3v) is 5.44. The van der Waals surface area contributed by atoms with Gasteiger partial charge in [0.25, 0.3) is 0 Å². The fourth-order valence-electron chi connectivity index (χ4n) is 4.12. The number of carbonyl (C=O) groups excluding carboxylic acids is 1. The number of benzene rings is 2. The van der Waals surface area contributed by atoms with E-state index in [4.69, 9.17) is 4.74 Å². The summed E-state index contributed by atoms with van der Waals surface area (Å²) in [6, 6.07) is 20.4. The van der Waals surface area contributed by atoms with E-state index in [1.54, 1.807) is 0 Å². The number of esters is 1. The van der Waals surface area contributed by atoms with E-state index in [2.05, 4.69) is 18.2 Å². The van der Waals surface area contributed by atoms with E-state index in [0.717, 1.165) is 31.2 Å². The van der Waals surface area contributed by atoms with Crippen molar-refractivity contribution in [2.45, 2.75) is 31.6 Å². The maximum Gasteiger partial charge on any atom is 0.318 e. The summed E-state index contributed by atoms with van der Waals surface area (Å²) in [6.07, 6.45) is 10.1. The van der Waals surface area contributed by atoms with Crippen LogP contribution in [-0.2, 0) is 9.53 Å². The van der Waals surface area contributed by atoms with Crippen LogP contribution < -0.4 is 0 Å². The Hall–Kier alpha value is -2.61. The maximum absolute atomic E-state index is 12.9. The summed E-state index contributed by atoms with van der Waals surface area (Å²) >= 11 is 0. The summed E-state index contributed by atoms with van der Waals surface area (Å²) in [6.45, 7) is 0. The molecule has 0 aromatic heterocycles. The minimum absolute atomic E-state index is 0.0611. The molecule has 126 valence electrons. The second-order valence-electron chi connectivity index (χ2n) is 6.95. The number of hydrogen-bond donors (Lipinski definition) is 0. The van der Waals surface area contributed by atoms with Crippen LogP contribution in [0.2, 0.25) is 0 Å². The lowest BCUT2D eigenvalue weighted by atomic mass is 9.69. The Morgan fingerprint density at radius 1 is 0.880 bits per heavy atom. The molecule has 2 aromatic carbocycles. The molecule has 1 spiro atoms. The summed E-state index contributed by atoms with van der Waals surface area (Å²) in [5.74, 6) is 0.683. The molecule has 0 bridgehead atoms. The van der Waals surface area contributed by atoms with Gasteiger partial charge in [-0.05, 0) is 36.1 Å². The molecule has 0 N–H and O–H groups in total. The fraction of sp³-hybridized carbons (Fsp3) is 0.261. The minimum Gasteiger partial charge on any atom is -0.426 e. The normalized spacial score (nSPS) is 22.2. The number of allylic oxidation sites excluding steroid dienone is 2. The van der Waals surface area contributed by atoms with Crippen molar-refractivity contribution in [1.29, 1.82) is 0 Å². The van der Waals surface area contributed by atoms with Gasteiger partial charge in [0.2, 0.25) is 0 Å². The third kappa shape index (κ3) is 3.05. The monoisotopic (exact) mass is 330 g/mol. The minimum atomic E-state index is -0.383. The molecule has 2 heteroatoms. The second kappa shape index (κ2) is 6.72. The quantitative estimate of drug-likeness (QED) is 0.696. The average Bonchev–Trinajstić information content (AvgIpc) is 3.15. The van der Waals surface area contributed by atoms with Crippen LogP contribution in [0.1, 0.15) is 42.7 Å². The number of carbonyl (C=O) groups is 1. The highest BCUT2D eigenvalue weighted by molar-refractivity contribution is 5.82. The summed E-state index contributed by atoms with van der Waals surface area (Å²) in [7, 11) is 0. The van der Waals surface area contributed by atoms with E-state index in [-0.39, 0.29) is 17.3 Å². The Kier molecular flexibility index (Phi) is 4.27. The van der Waals surface area contributed by atoms with Gasteiger partial charge in [-0.25, -0.2) is 0 Å². The molecule has 1 unspecified atom stereocenters. The van der Waals surface area contributed by atoms with Gasteiger partial charge in [0.05, 0.1) is 5.41 Å².